The molecule has 1 atom stereocenters. The molecule has 0 bridgehead atoms. The fourth-order valence-electron chi connectivity index (χ4n) is 1.33. The van der Waals surface area contributed by atoms with Crippen LogP contribution in [0.3, 0.4) is 0 Å². The van der Waals surface area contributed by atoms with Crippen molar-refractivity contribution in [1.29, 1.82) is 0 Å². The zero-order chi connectivity index (χ0) is 10.8. The highest BCUT2D eigenvalue weighted by Crippen LogP contribution is 2.34. The van der Waals surface area contributed by atoms with Gasteiger partial charge >= 0.3 is 0 Å². The Kier molecular flexibility index (Phi) is 3.08. The molecule has 1 aromatic carbocycles. The molecular weight excluding hydrogens is 235 g/mol. The molecule has 0 aromatic heterocycles. The molecule has 0 saturated carbocycles. The van der Waals surface area contributed by atoms with E-state index in [2.05, 4.69) is 0 Å². The minimum atomic E-state index is -0.440. The molecule has 0 aliphatic carbocycles. The summed E-state index contributed by atoms with van der Waals surface area (Å²) in [5.74, 6) is 0.825. The second kappa shape index (κ2) is 4.33. The van der Waals surface area contributed by atoms with Gasteiger partial charge in [-0.15, -0.1) is 0 Å². The predicted octanol–water partition coefficient (Wildman–Crippen LogP) is 4.29. The molecule has 15 heavy (non-hydrogen) atoms. The molecule has 80 valence electrons. The van der Waals surface area contributed by atoms with Crippen molar-refractivity contribution in [2.24, 2.45) is 0 Å². The van der Waals surface area contributed by atoms with Crippen molar-refractivity contribution in [3.8, 4) is 0 Å². The minimum Gasteiger partial charge on any atom is -0.455 e. The average molecular weight is 245 g/mol. The summed E-state index contributed by atoms with van der Waals surface area (Å²) in [6.07, 6.45) is 1.99. The van der Waals surface area contributed by atoms with Crippen LogP contribution in [-0.4, -0.2) is 0 Å². The van der Waals surface area contributed by atoms with Gasteiger partial charge in [0.25, 0.3) is 6.29 Å². The van der Waals surface area contributed by atoms with Crippen molar-refractivity contribution in [2.75, 3.05) is 0 Å². The van der Waals surface area contributed by atoms with Crippen molar-refractivity contribution in [3.05, 3.63) is 45.8 Å². The molecule has 1 aliphatic rings. The Morgan fingerprint density at radius 3 is 2.73 bits per heavy atom. The minimum absolute atomic E-state index is 0.440. The summed E-state index contributed by atoms with van der Waals surface area (Å²) >= 11 is 11.8. The lowest BCUT2D eigenvalue weighted by Gasteiger charge is -2.13. The van der Waals surface area contributed by atoms with Crippen LogP contribution in [0, 0.1) is 0 Å². The summed E-state index contributed by atoms with van der Waals surface area (Å²) in [6.45, 7) is 2.00. The lowest BCUT2D eigenvalue weighted by atomic mass is 10.2. The summed E-state index contributed by atoms with van der Waals surface area (Å²) in [5, 5.41) is 1.16. The fraction of sp³-hybridized carbons (Fsp3) is 0.273. The summed E-state index contributed by atoms with van der Waals surface area (Å²) < 4.78 is 10.9. The summed E-state index contributed by atoms with van der Waals surface area (Å²) in [6, 6.07) is 5.25. The number of halogens is 2. The fourth-order valence-corrected chi connectivity index (χ4v) is 1.82. The van der Waals surface area contributed by atoms with Crippen LogP contribution in [0.1, 0.15) is 25.2 Å². The molecule has 1 aromatic rings. The second-order valence-corrected chi connectivity index (χ2v) is 4.03. The number of allylic oxidation sites excluding steroid dienone is 1. The van der Waals surface area contributed by atoms with E-state index in [1.54, 1.807) is 18.4 Å². The third kappa shape index (κ3) is 2.21. The van der Waals surface area contributed by atoms with E-state index < -0.39 is 6.29 Å². The number of hydrogen-bond acceptors (Lipinski definition) is 2. The largest absolute Gasteiger partial charge is 0.455 e. The molecule has 0 fully saturated rings. The van der Waals surface area contributed by atoms with E-state index in [4.69, 9.17) is 32.7 Å². The molecule has 0 radical (unpaired) electrons. The first-order valence-electron chi connectivity index (χ1n) is 4.67. The summed E-state index contributed by atoms with van der Waals surface area (Å²) in [5.41, 5.74) is 0.792. The highest BCUT2D eigenvalue weighted by molar-refractivity contribution is 6.35. The summed E-state index contributed by atoms with van der Waals surface area (Å²) in [7, 11) is 0. The molecule has 1 heterocycles. The van der Waals surface area contributed by atoms with Gasteiger partial charge in [-0.1, -0.05) is 30.1 Å². The van der Waals surface area contributed by atoms with Gasteiger partial charge in [0.05, 0.1) is 10.6 Å². The van der Waals surface area contributed by atoms with Gasteiger partial charge in [-0.05, 0) is 18.2 Å². The smallest absolute Gasteiger partial charge is 0.268 e. The van der Waals surface area contributed by atoms with Crippen molar-refractivity contribution in [2.45, 2.75) is 19.6 Å². The van der Waals surface area contributed by atoms with Crippen LogP contribution in [0.4, 0.5) is 0 Å². The van der Waals surface area contributed by atoms with Crippen LogP contribution < -0.4 is 0 Å². The van der Waals surface area contributed by atoms with Crippen molar-refractivity contribution >= 4 is 23.2 Å². The zero-order valence-corrected chi connectivity index (χ0v) is 9.68. The quantitative estimate of drug-likeness (QED) is 0.773. The van der Waals surface area contributed by atoms with Crippen LogP contribution in [0.15, 0.2) is 30.2 Å². The van der Waals surface area contributed by atoms with Gasteiger partial charge in [0, 0.05) is 11.4 Å². The monoisotopic (exact) mass is 244 g/mol. The maximum absolute atomic E-state index is 6.03. The van der Waals surface area contributed by atoms with Gasteiger partial charge in [0.2, 0.25) is 0 Å². The number of rotatable bonds is 2. The van der Waals surface area contributed by atoms with E-state index in [9.17, 15) is 0 Å². The van der Waals surface area contributed by atoms with E-state index in [0.717, 1.165) is 17.7 Å². The van der Waals surface area contributed by atoms with Gasteiger partial charge in [-0.3, -0.25) is 0 Å². The highest BCUT2D eigenvalue weighted by Gasteiger charge is 2.22. The summed E-state index contributed by atoms with van der Waals surface area (Å²) in [4.78, 5) is 0. The lowest BCUT2D eigenvalue weighted by Crippen LogP contribution is -1.99. The third-order valence-corrected chi connectivity index (χ3v) is 2.71. The molecule has 2 nitrogen and oxygen atoms in total. The Morgan fingerprint density at radius 2 is 2.13 bits per heavy atom. The second-order valence-electron chi connectivity index (χ2n) is 3.19. The van der Waals surface area contributed by atoms with Crippen molar-refractivity contribution in [3.63, 3.8) is 0 Å². The van der Waals surface area contributed by atoms with Crippen LogP contribution >= 0.6 is 23.2 Å². The molecular formula is C11H10Cl2O2. The van der Waals surface area contributed by atoms with Gasteiger partial charge < -0.3 is 9.47 Å². The predicted molar refractivity (Wildman–Crippen MR) is 59.7 cm³/mol. The maximum atomic E-state index is 6.03. The third-order valence-electron chi connectivity index (χ3n) is 2.15. The van der Waals surface area contributed by atoms with Gasteiger partial charge in [0.1, 0.15) is 12.0 Å². The number of ether oxygens (including phenoxy) is 2. The Morgan fingerprint density at radius 1 is 1.33 bits per heavy atom. The van der Waals surface area contributed by atoms with Crippen LogP contribution in [-0.2, 0) is 9.47 Å². The van der Waals surface area contributed by atoms with E-state index in [1.807, 2.05) is 13.0 Å². The zero-order valence-electron chi connectivity index (χ0n) is 8.17. The molecule has 1 unspecified atom stereocenters. The maximum Gasteiger partial charge on any atom is 0.268 e. The Labute approximate surface area is 98.4 Å². The van der Waals surface area contributed by atoms with Crippen LogP contribution in [0.25, 0.3) is 0 Å². The van der Waals surface area contributed by atoms with Crippen molar-refractivity contribution < 1.29 is 9.47 Å². The number of hydrogen-bond donors (Lipinski definition) is 0. The van der Waals surface area contributed by atoms with Crippen molar-refractivity contribution in [1.82, 2.24) is 0 Å². The molecule has 0 N–H and O–H groups in total. The van der Waals surface area contributed by atoms with Gasteiger partial charge in [0.15, 0.2) is 0 Å². The molecule has 4 heteroatoms. The topological polar surface area (TPSA) is 18.5 Å². The highest BCUT2D eigenvalue weighted by atomic mass is 35.5. The van der Waals surface area contributed by atoms with Crippen LogP contribution in [0.2, 0.25) is 10.0 Å². The Bertz CT molecular complexity index is 402. The molecule has 2 rings (SSSR count). The number of benzene rings is 1. The molecule has 0 saturated heterocycles. The Hall–Kier alpha value is -0.860. The first kappa shape index (κ1) is 10.7. The van der Waals surface area contributed by atoms with E-state index in [1.165, 1.54) is 0 Å². The SMILES string of the molecule is CCC1=COC(c2ccc(Cl)cc2Cl)O1. The molecule has 0 spiro atoms. The van der Waals surface area contributed by atoms with E-state index in [-0.39, 0.29) is 0 Å². The van der Waals surface area contributed by atoms with E-state index >= 15 is 0 Å². The first-order valence-corrected chi connectivity index (χ1v) is 5.42. The van der Waals surface area contributed by atoms with Gasteiger partial charge in [-0.25, -0.2) is 0 Å². The standard InChI is InChI=1S/C11H10Cl2O2/c1-2-8-6-14-11(15-8)9-4-3-7(12)5-10(9)13/h3-6,11H,2H2,1H3. The first-order chi connectivity index (χ1) is 7.20. The average Bonchev–Trinajstić information content (AvgIpc) is 2.66. The lowest BCUT2D eigenvalue weighted by molar-refractivity contribution is -0.0349. The van der Waals surface area contributed by atoms with Gasteiger partial charge in [-0.2, -0.15) is 0 Å². The molecule has 0 amide bonds. The van der Waals surface area contributed by atoms with E-state index in [0.29, 0.717) is 10.0 Å². The Balaban J connectivity index is 2.18. The van der Waals surface area contributed by atoms with Crippen LogP contribution in [0.5, 0.6) is 0 Å². The normalized spacial score (nSPS) is 19.4. The molecule has 1 aliphatic heterocycles.